The third-order valence-electron chi connectivity index (χ3n) is 3.33. The predicted molar refractivity (Wildman–Crippen MR) is 70.9 cm³/mol. The van der Waals surface area contributed by atoms with Crippen molar-refractivity contribution in [2.75, 3.05) is 18.2 Å². The van der Waals surface area contributed by atoms with Gasteiger partial charge in [-0.3, -0.25) is 9.59 Å². The molecule has 96 valence electrons. The van der Waals surface area contributed by atoms with E-state index in [0.29, 0.717) is 12.8 Å². The van der Waals surface area contributed by atoms with Crippen molar-refractivity contribution in [3.8, 4) is 0 Å². The minimum Gasteiger partial charge on any atom is -0.480 e. The summed E-state index contributed by atoms with van der Waals surface area (Å²) in [6.07, 6.45) is 2.86. The number of amides is 1. The number of rotatable bonds is 4. The summed E-state index contributed by atoms with van der Waals surface area (Å²) >= 11 is 1.62. The smallest absolute Gasteiger partial charge is 0.319 e. The van der Waals surface area contributed by atoms with Crippen molar-refractivity contribution in [1.82, 2.24) is 0 Å². The molecule has 0 spiro atoms. The second-order valence-corrected chi connectivity index (χ2v) is 5.33. The lowest BCUT2D eigenvalue weighted by Gasteiger charge is -2.21. The number of benzene rings is 1. The molecule has 0 saturated heterocycles. The molecule has 0 aromatic heterocycles. The Hall–Kier alpha value is -1.49. The van der Waals surface area contributed by atoms with Crippen LogP contribution in [0, 0.1) is 5.41 Å². The van der Waals surface area contributed by atoms with Gasteiger partial charge in [-0.1, -0.05) is 0 Å². The lowest BCUT2D eigenvalue weighted by Crippen LogP contribution is -2.38. The van der Waals surface area contributed by atoms with E-state index in [1.54, 1.807) is 18.8 Å². The molecule has 1 fully saturated rings. The van der Waals surface area contributed by atoms with Gasteiger partial charge >= 0.3 is 5.97 Å². The number of carboxylic acid groups (broad SMARTS) is 1. The Bertz CT molecular complexity index is 480. The molecule has 0 heterocycles. The van der Waals surface area contributed by atoms with Crippen LogP contribution >= 0.6 is 11.8 Å². The number of carbonyl (C=O) groups excluding carboxylic acids is 1. The van der Waals surface area contributed by atoms with Crippen molar-refractivity contribution in [3.05, 3.63) is 24.3 Å². The first-order chi connectivity index (χ1) is 8.51. The number of thioether (sulfide) groups is 1. The summed E-state index contributed by atoms with van der Waals surface area (Å²) in [5.74, 6) is -1.34. The van der Waals surface area contributed by atoms with Gasteiger partial charge in [0.1, 0.15) is 5.41 Å². The highest BCUT2D eigenvalue weighted by Gasteiger charge is 2.58. The zero-order valence-electron chi connectivity index (χ0n) is 10.3. The second-order valence-electron chi connectivity index (χ2n) is 4.45. The average Bonchev–Trinajstić information content (AvgIpc) is 3.18. The molecular formula is C13H15NO3S. The number of nitrogens with zero attached hydrogens (tertiary/aromatic N) is 1. The Morgan fingerprint density at radius 2 is 1.83 bits per heavy atom. The van der Waals surface area contributed by atoms with E-state index in [2.05, 4.69) is 0 Å². The topological polar surface area (TPSA) is 57.6 Å². The molecule has 0 atom stereocenters. The van der Waals surface area contributed by atoms with Gasteiger partial charge in [0.05, 0.1) is 0 Å². The molecule has 0 aliphatic heterocycles. The van der Waals surface area contributed by atoms with Crippen LogP contribution in [0.25, 0.3) is 0 Å². The number of hydrogen-bond acceptors (Lipinski definition) is 3. The van der Waals surface area contributed by atoms with Crippen molar-refractivity contribution in [2.45, 2.75) is 17.7 Å². The Morgan fingerprint density at radius 3 is 2.22 bits per heavy atom. The van der Waals surface area contributed by atoms with E-state index in [4.69, 9.17) is 5.11 Å². The molecule has 0 radical (unpaired) electrons. The second kappa shape index (κ2) is 4.65. The lowest BCUT2D eigenvalue weighted by atomic mass is 10.1. The van der Waals surface area contributed by atoms with Gasteiger partial charge in [0.25, 0.3) is 0 Å². The lowest BCUT2D eigenvalue weighted by molar-refractivity contribution is -0.148. The summed E-state index contributed by atoms with van der Waals surface area (Å²) < 4.78 is 0. The number of hydrogen-bond donors (Lipinski definition) is 1. The summed E-state index contributed by atoms with van der Waals surface area (Å²) in [4.78, 5) is 25.8. The molecule has 2 rings (SSSR count). The monoisotopic (exact) mass is 265 g/mol. The highest BCUT2D eigenvalue weighted by atomic mass is 32.2. The average molecular weight is 265 g/mol. The third-order valence-corrected chi connectivity index (χ3v) is 4.08. The minimum absolute atomic E-state index is 0.327. The Balaban J connectivity index is 2.18. The molecule has 1 aromatic rings. The zero-order chi connectivity index (χ0) is 13.3. The van der Waals surface area contributed by atoms with Gasteiger partial charge in [0, 0.05) is 17.6 Å². The highest BCUT2D eigenvalue weighted by molar-refractivity contribution is 7.98. The molecular weight excluding hydrogens is 250 g/mol. The minimum atomic E-state index is -1.17. The fourth-order valence-corrected chi connectivity index (χ4v) is 2.30. The quantitative estimate of drug-likeness (QED) is 0.670. The van der Waals surface area contributed by atoms with Crippen molar-refractivity contribution in [2.24, 2.45) is 5.41 Å². The first-order valence-corrected chi connectivity index (χ1v) is 6.89. The molecule has 5 heteroatoms. The molecule has 1 aliphatic rings. The van der Waals surface area contributed by atoms with Crippen LogP contribution in [0.15, 0.2) is 29.2 Å². The maximum absolute atomic E-state index is 12.2. The van der Waals surface area contributed by atoms with Crippen molar-refractivity contribution >= 4 is 29.3 Å². The molecule has 1 aliphatic carbocycles. The van der Waals surface area contributed by atoms with Gasteiger partial charge in [0.2, 0.25) is 5.91 Å². The fourth-order valence-electron chi connectivity index (χ4n) is 1.89. The number of aliphatic carboxylic acids is 1. The summed E-state index contributed by atoms with van der Waals surface area (Å²) in [7, 11) is 1.62. The van der Waals surface area contributed by atoms with E-state index in [9.17, 15) is 9.59 Å². The van der Waals surface area contributed by atoms with Crippen LogP contribution in [0.4, 0.5) is 5.69 Å². The number of anilines is 1. The van der Waals surface area contributed by atoms with Crippen molar-refractivity contribution < 1.29 is 14.7 Å². The molecule has 0 unspecified atom stereocenters. The molecule has 1 saturated carbocycles. The summed E-state index contributed by atoms with van der Waals surface area (Å²) in [6, 6.07) is 7.51. The van der Waals surface area contributed by atoms with Crippen LogP contribution in [0.5, 0.6) is 0 Å². The van der Waals surface area contributed by atoms with E-state index in [1.165, 1.54) is 4.90 Å². The van der Waals surface area contributed by atoms with Crippen LogP contribution in [0.1, 0.15) is 12.8 Å². The maximum Gasteiger partial charge on any atom is 0.319 e. The Kier molecular flexibility index (Phi) is 3.34. The van der Waals surface area contributed by atoms with Crippen LogP contribution in [0.3, 0.4) is 0 Å². The standard InChI is InChI=1S/C13H15NO3S/c1-14(9-3-5-10(18-2)6-4-9)11(15)13(7-8-13)12(16)17/h3-6H,7-8H2,1-2H3,(H,16,17). The first kappa shape index (κ1) is 13.0. The number of carbonyl (C=O) groups is 2. The van der Waals surface area contributed by atoms with Gasteiger partial charge in [-0.2, -0.15) is 0 Å². The maximum atomic E-state index is 12.2. The van der Waals surface area contributed by atoms with E-state index < -0.39 is 11.4 Å². The van der Waals surface area contributed by atoms with Crippen LogP contribution in [-0.2, 0) is 9.59 Å². The molecule has 0 bridgehead atoms. The molecule has 1 N–H and O–H groups in total. The Morgan fingerprint density at radius 1 is 1.28 bits per heavy atom. The van der Waals surface area contributed by atoms with Gasteiger partial charge in [-0.15, -0.1) is 11.8 Å². The van der Waals surface area contributed by atoms with E-state index in [1.807, 2.05) is 30.5 Å². The van der Waals surface area contributed by atoms with Gasteiger partial charge in [0.15, 0.2) is 0 Å². The van der Waals surface area contributed by atoms with E-state index in [0.717, 1.165) is 10.6 Å². The fraction of sp³-hybridized carbons (Fsp3) is 0.385. The van der Waals surface area contributed by atoms with Gasteiger partial charge in [-0.25, -0.2) is 0 Å². The van der Waals surface area contributed by atoms with E-state index >= 15 is 0 Å². The third kappa shape index (κ3) is 2.10. The molecule has 18 heavy (non-hydrogen) atoms. The van der Waals surface area contributed by atoms with Gasteiger partial charge in [-0.05, 0) is 43.4 Å². The predicted octanol–water partition coefficient (Wildman–Crippen LogP) is 2.24. The van der Waals surface area contributed by atoms with Crippen LogP contribution in [0.2, 0.25) is 0 Å². The van der Waals surface area contributed by atoms with Crippen LogP contribution in [-0.4, -0.2) is 30.3 Å². The van der Waals surface area contributed by atoms with Crippen molar-refractivity contribution in [1.29, 1.82) is 0 Å². The SMILES string of the molecule is CSc1ccc(N(C)C(=O)C2(C(=O)O)CC2)cc1. The zero-order valence-corrected chi connectivity index (χ0v) is 11.2. The normalized spacial score (nSPS) is 16.1. The number of carboxylic acids is 1. The first-order valence-electron chi connectivity index (χ1n) is 5.67. The molecule has 4 nitrogen and oxygen atoms in total. The molecule has 1 aromatic carbocycles. The van der Waals surface area contributed by atoms with Crippen molar-refractivity contribution in [3.63, 3.8) is 0 Å². The van der Waals surface area contributed by atoms with Crippen LogP contribution < -0.4 is 4.90 Å². The summed E-state index contributed by atoms with van der Waals surface area (Å²) in [5, 5.41) is 9.10. The highest BCUT2D eigenvalue weighted by Crippen LogP contribution is 2.47. The van der Waals surface area contributed by atoms with E-state index in [-0.39, 0.29) is 5.91 Å². The largest absolute Gasteiger partial charge is 0.480 e. The molecule has 1 amide bonds. The van der Waals surface area contributed by atoms with Gasteiger partial charge < -0.3 is 10.0 Å². The Labute approximate surface area is 110 Å². The summed E-state index contributed by atoms with van der Waals surface area (Å²) in [6.45, 7) is 0. The summed E-state index contributed by atoms with van der Waals surface area (Å²) in [5.41, 5.74) is -0.447.